The van der Waals surface area contributed by atoms with Crippen LogP contribution in [-0.4, -0.2) is 14.3 Å². The van der Waals surface area contributed by atoms with Gasteiger partial charge in [-0.2, -0.15) is 5.10 Å². The second-order valence-corrected chi connectivity index (χ2v) is 9.03. The summed E-state index contributed by atoms with van der Waals surface area (Å²) in [5.41, 5.74) is 2.38. The van der Waals surface area contributed by atoms with Gasteiger partial charge in [-0.25, -0.2) is 4.39 Å². The van der Waals surface area contributed by atoms with Crippen LogP contribution in [-0.2, 0) is 0 Å². The largest absolute Gasteiger partial charge is 0.307 e. The highest BCUT2D eigenvalue weighted by Gasteiger charge is 2.23. The predicted molar refractivity (Wildman–Crippen MR) is 117 cm³/mol. The molecule has 0 unspecified atom stereocenters. The van der Waals surface area contributed by atoms with Crippen molar-refractivity contribution in [1.82, 2.24) is 14.3 Å². The smallest absolute Gasteiger partial charge is 0.166 e. The molecule has 1 fully saturated rings. The number of rotatable bonds is 4. The van der Waals surface area contributed by atoms with Crippen LogP contribution in [0.5, 0.6) is 0 Å². The Balaban J connectivity index is 1.68. The Morgan fingerprint density at radius 2 is 1.86 bits per heavy atom. The first kappa shape index (κ1) is 18.8. The maximum absolute atomic E-state index is 15.2. The minimum absolute atomic E-state index is 0.135. The van der Waals surface area contributed by atoms with E-state index in [4.69, 9.17) is 11.6 Å². The molecule has 29 heavy (non-hydrogen) atoms. The fraction of sp³-hybridized carbons (Fsp3) is 0.261. The van der Waals surface area contributed by atoms with Gasteiger partial charge in [0.1, 0.15) is 0 Å². The third-order valence-corrected chi connectivity index (χ3v) is 7.23. The fourth-order valence-electron chi connectivity index (χ4n) is 4.28. The van der Waals surface area contributed by atoms with Crippen molar-refractivity contribution in [3.63, 3.8) is 0 Å². The molecule has 4 aromatic rings. The third-order valence-electron chi connectivity index (χ3n) is 5.71. The number of hydrogen-bond acceptors (Lipinski definition) is 2. The van der Waals surface area contributed by atoms with Crippen molar-refractivity contribution in [3.8, 4) is 5.69 Å². The summed E-state index contributed by atoms with van der Waals surface area (Å²) in [5, 5.41) is 5.60. The first-order valence-corrected chi connectivity index (χ1v) is 11.1. The van der Waals surface area contributed by atoms with Crippen LogP contribution in [0.25, 0.3) is 16.6 Å². The van der Waals surface area contributed by atoms with Crippen molar-refractivity contribution in [1.29, 1.82) is 0 Å². The van der Waals surface area contributed by atoms with Crippen molar-refractivity contribution in [2.24, 2.45) is 0 Å². The Kier molecular flexibility index (Phi) is 4.88. The minimum atomic E-state index is -0.388. The van der Waals surface area contributed by atoms with Crippen molar-refractivity contribution >= 4 is 34.3 Å². The highest BCUT2D eigenvalue weighted by atomic mass is 35.5. The van der Waals surface area contributed by atoms with Crippen LogP contribution < -0.4 is 0 Å². The highest BCUT2D eigenvalue weighted by Crippen LogP contribution is 2.42. The molecular weight excluding hydrogens is 405 g/mol. The molecule has 148 valence electrons. The van der Waals surface area contributed by atoms with Crippen molar-refractivity contribution in [3.05, 3.63) is 71.4 Å². The molecule has 2 aromatic heterocycles. The Morgan fingerprint density at radius 1 is 1.10 bits per heavy atom. The van der Waals surface area contributed by atoms with Gasteiger partial charge in [0.05, 0.1) is 28.5 Å². The Labute approximate surface area is 178 Å². The van der Waals surface area contributed by atoms with Gasteiger partial charge in [0.2, 0.25) is 0 Å². The molecule has 0 radical (unpaired) electrons. The normalized spacial score (nSPS) is 14.9. The van der Waals surface area contributed by atoms with E-state index in [0.717, 1.165) is 39.4 Å². The van der Waals surface area contributed by atoms with Gasteiger partial charge in [-0.15, -0.1) is 0 Å². The average Bonchev–Trinajstić information content (AvgIpc) is 3.46. The molecule has 1 aliphatic carbocycles. The number of hydrogen-bond donors (Lipinski definition) is 0. The number of aromatic nitrogens is 3. The lowest BCUT2D eigenvalue weighted by Gasteiger charge is -2.10. The molecule has 0 amide bonds. The van der Waals surface area contributed by atoms with Gasteiger partial charge in [0.15, 0.2) is 5.82 Å². The van der Waals surface area contributed by atoms with E-state index in [1.54, 1.807) is 17.8 Å². The molecule has 2 aromatic carbocycles. The summed E-state index contributed by atoms with van der Waals surface area (Å²) in [6.07, 6.45) is 8.67. The number of benzene rings is 2. The van der Waals surface area contributed by atoms with Crippen molar-refractivity contribution in [2.45, 2.75) is 48.4 Å². The fourth-order valence-corrected chi connectivity index (χ4v) is 5.47. The molecule has 0 spiro atoms. The summed E-state index contributed by atoms with van der Waals surface area (Å²) in [7, 11) is 0. The highest BCUT2D eigenvalue weighted by molar-refractivity contribution is 7.99. The number of nitrogens with zero attached hydrogens (tertiary/aromatic N) is 3. The van der Waals surface area contributed by atoms with Gasteiger partial charge in [-0.1, -0.05) is 54.4 Å². The van der Waals surface area contributed by atoms with Crippen LogP contribution in [0.2, 0.25) is 5.02 Å². The molecule has 1 saturated carbocycles. The van der Waals surface area contributed by atoms with Gasteiger partial charge < -0.3 is 4.57 Å². The summed E-state index contributed by atoms with van der Waals surface area (Å²) < 4.78 is 19.2. The van der Waals surface area contributed by atoms with E-state index in [-0.39, 0.29) is 10.8 Å². The molecule has 0 saturated heterocycles. The molecule has 3 nitrogen and oxygen atoms in total. The van der Waals surface area contributed by atoms with E-state index in [1.807, 2.05) is 52.8 Å². The lowest BCUT2D eigenvalue weighted by Crippen LogP contribution is -2.04. The van der Waals surface area contributed by atoms with E-state index in [9.17, 15) is 0 Å². The van der Waals surface area contributed by atoms with Gasteiger partial charge in [0, 0.05) is 27.1 Å². The molecular formula is C23H21ClFN3S. The zero-order valence-corrected chi connectivity index (χ0v) is 17.7. The van der Waals surface area contributed by atoms with Crippen molar-refractivity contribution in [2.75, 3.05) is 0 Å². The Bertz CT molecular complexity index is 1180. The molecule has 0 bridgehead atoms. The van der Waals surface area contributed by atoms with E-state index in [2.05, 4.69) is 17.2 Å². The Hall–Kier alpha value is -2.24. The molecule has 2 heterocycles. The van der Waals surface area contributed by atoms with Crippen LogP contribution in [0.3, 0.4) is 0 Å². The average molecular weight is 426 g/mol. The standard InChI is InChI=1S/C23H21ClFN3S/c1-15-23(29-18-9-3-2-4-10-18)19-11-12-20(24)21(25)22(19)28(15)17-13-26-27(14-17)16-7-5-6-8-16/h2-4,9-14,16H,5-8H2,1H3. The summed E-state index contributed by atoms with van der Waals surface area (Å²) in [5.74, 6) is -0.388. The molecule has 5 rings (SSSR count). The second kappa shape index (κ2) is 7.54. The van der Waals surface area contributed by atoms with E-state index in [1.165, 1.54) is 12.8 Å². The summed E-state index contributed by atoms with van der Waals surface area (Å²) in [6, 6.07) is 14.2. The van der Waals surface area contributed by atoms with Crippen LogP contribution in [0, 0.1) is 12.7 Å². The van der Waals surface area contributed by atoms with Crippen LogP contribution in [0.15, 0.2) is 64.6 Å². The van der Waals surface area contributed by atoms with Crippen LogP contribution >= 0.6 is 23.4 Å². The summed E-state index contributed by atoms with van der Waals surface area (Å²) in [6.45, 7) is 2.03. The SMILES string of the molecule is Cc1c(Sc2ccccc2)c2ccc(Cl)c(F)c2n1-c1cnn(C2CCCC2)c1. The van der Waals surface area contributed by atoms with E-state index >= 15 is 4.39 Å². The summed E-state index contributed by atoms with van der Waals surface area (Å²) >= 11 is 7.81. The molecule has 6 heteroatoms. The van der Waals surface area contributed by atoms with Crippen molar-refractivity contribution < 1.29 is 4.39 Å². The number of fused-ring (bicyclic) bond motifs is 1. The second-order valence-electron chi connectivity index (χ2n) is 7.54. The van der Waals surface area contributed by atoms with Crippen LogP contribution in [0.4, 0.5) is 4.39 Å². The topological polar surface area (TPSA) is 22.8 Å². The predicted octanol–water partition coefficient (Wildman–Crippen LogP) is 7.19. The third kappa shape index (κ3) is 3.26. The zero-order valence-electron chi connectivity index (χ0n) is 16.1. The number of halogens is 2. The first-order chi connectivity index (χ1) is 14.1. The Morgan fingerprint density at radius 3 is 2.62 bits per heavy atom. The van der Waals surface area contributed by atoms with Gasteiger partial charge in [-0.05, 0) is 44.0 Å². The maximum Gasteiger partial charge on any atom is 0.166 e. The summed E-state index contributed by atoms with van der Waals surface area (Å²) in [4.78, 5) is 2.15. The lowest BCUT2D eigenvalue weighted by atomic mass is 10.2. The van der Waals surface area contributed by atoms with Gasteiger partial charge in [0.25, 0.3) is 0 Å². The maximum atomic E-state index is 15.2. The minimum Gasteiger partial charge on any atom is -0.307 e. The lowest BCUT2D eigenvalue weighted by molar-refractivity contribution is 0.467. The molecule has 0 aliphatic heterocycles. The van der Waals surface area contributed by atoms with Gasteiger partial charge in [-0.3, -0.25) is 4.68 Å². The first-order valence-electron chi connectivity index (χ1n) is 9.90. The zero-order chi connectivity index (χ0) is 20.0. The monoisotopic (exact) mass is 425 g/mol. The molecule has 1 aliphatic rings. The van der Waals surface area contributed by atoms with E-state index in [0.29, 0.717) is 11.6 Å². The quantitative estimate of drug-likeness (QED) is 0.345. The van der Waals surface area contributed by atoms with Gasteiger partial charge >= 0.3 is 0 Å². The molecule has 0 N–H and O–H groups in total. The van der Waals surface area contributed by atoms with Crippen LogP contribution in [0.1, 0.15) is 37.4 Å². The van der Waals surface area contributed by atoms with E-state index < -0.39 is 0 Å². The molecule has 0 atom stereocenters.